The van der Waals surface area contributed by atoms with Gasteiger partial charge in [0, 0.05) is 6.04 Å². The van der Waals surface area contributed by atoms with Crippen LogP contribution in [-0.2, 0) is 10.0 Å². The van der Waals surface area contributed by atoms with E-state index in [1.807, 2.05) is 6.92 Å². The van der Waals surface area contributed by atoms with Crippen molar-refractivity contribution in [3.63, 3.8) is 0 Å². The average molecular weight is 271 g/mol. The molecule has 1 unspecified atom stereocenters. The molecular weight excluding hydrogens is 250 g/mol. The van der Waals surface area contributed by atoms with Gasteiger partial charge in [0.15, 0.2) is 0 Å². The van der Waals surface area contributed by atoms with Gasteiger partial charge in [-0.05, 0) is 37.8 Å². The lowest BCUT2D eigenvalue weighted by Crippen LogP contribution is -2.32. The van der Waals surface area contributed by atoms with Crippen molar-refractivity contribution < 1.29 is 13.5 Å². The molecule has 0 heterocycles. The van der Waals surface area contributed by atoms with Crippen LogP contribution < -0.4 is 4.72 Å². The van der Waals surface area contributed by atoms with Crippen LogP contribution in [-0.4, -0.2) is 19.6 Å². The molecule has 4 nitrogen and oxygen atoms in total. The van der Waals surface area contributed by atoms with Crippen LogP contribution in [0, 0.1) is 5.92 Å². The summed E-state index contributed by atoms with van der Waals surface area (Å²) in [5.41, 5.74) is 0. The molecule has 0 aliphatic heterocycles. The van der Waals surface area contributed by atoms with Crippen molar-refractivity contribution in [1.82, 2.24) is 4.72 Å². The summed E-state index contributed by atoms with van der Waals surface area (Å²) in [4.78, 5) is -0.0682. The summed E-state index contributed by atoms with van der Waals surface area (Å²) >= 11 is 0. The highest BCUT2D eigenvalue weighted by atomic mass is 32.2. The monoisotopic (exact) mass is 271 g/mol. The van der Waals surface area contributed by atoms with Crippen molar-refractivity contribution in [3.05, 3.63) is 24.3 Å². The Balaban J connectivity index is 2.74. The number of para-hydroxylation sites is 1. The fourth-order valence-electron chi connectivity index (χ4n) is 1.66. The largest absolute Gasteiger partial charge is 0.507 e. The highest BCUT2D eigenvalue weighted by molar-refractivity contribution is 7.89. The summed E-state index contributed by atoms with van der Waals surface area (Å²) in [6.45, 7) is 6.04. The zero-order chi connectivity index (χ0) is 13.8. The van der Waals surface area contributed by atoms with Gasteiger partial charge in [0.1, 0.15) is 10.6 Å². The molecule has 102 valence electrons. The minimum absolute atomic E-state index is 0.0682. The molecular formula is C13H21NO3S. The number of phenols is 1. The van der Waals surface area contributed by atoms with Gasteiger partial charge >= 0.3 is 0 Å². The quantitative estimate of drug-likeness (QED) is 0.835. The number of hydrogen-bond donors (Lipinski definition) is 2. The lowest BCUT2D eigenvalue weighted by Gasteiger charge is -2.15. The van der Waals surface area contributed by atoms with Gasteiger partial charge in [-0.25, -0.2) is 13.1 Å². The van der Waals surface area contributed by atoms with Crippen LogP contribution in [0.15, 0.2) is 29.2 Å². The maximum atomic E-state index is 12.0. The SMILES string of the molecule is CC(C)CCC(C)NS(=O)(=O)c1ccccc1O. The van der Waals surface area contributed by atoms with E-state index in [1.165, 1.54) is 12.1 Å². The molecule has 0 bridgehead atoms. The van der Waals surface area contributed by atoms with Gasteiger partial charge in [-0.3, -0.25) is 0 Å². The normalized spacial score (nSPS) is 13.8. The second-order valence-electron chi connectivity index (χ2n) is 4.96. The Morgan fingerprint density at radius 1 is 1.17 bits per heavy atom. The molecule has 0 aliphatic carbocycles. The summed E-state index contributed by atoms with van der Waals surface area (Å²) in [5, 5.41) is 9.56. The van der Waals surface area contributed by atoms with Crippen molar-refractivity contribution in [2.45, 2.75) is 44.6 Å². The Hall–Kier alpha value is -1.07. The van der Waals surface area contributed by atoms with Crippen molar-refractivity contribution in [2.24, 2.45) is 5.92 Å². The predicted molar refractivity (Wildman–Crippen MR) is 72.0 cm³/mol. The van der Waals surface area contributed by atoms with Crippen molar-refractivity contribution in [3.8, 4) is 5.75 Å². The minimum atomic E-state index is -3.64. The number of sulfonamides is 1. The molecule has 0 saturated carbocycles. The Morgan fingerprint density at radius 2 is 1.78 bits per heavy atom. The number of benzene rings is 1. The van der Waals surface area contributed by atoms with Crippen LogP contribution in [0.1, 0.15) is 33.6 Å². The van der Waals surface area contributed by atoms with E-state index in [4.69, 9.17) is 0 Å². The van der Waals surface area contributed by atoms with E-state index in [9.17, 15) is 13.5 Å². The van der Waals surface area contributed by atoms with E-state index in [2.05, 4.69) is 18.6 Å². The number of hydrogen-bond acceptors (Lipinski definition) is 3. The molecule has 0 saturated heterocycles. The Bertz CT molecular complexity index is 483. The third-order valence-corrected chi connectivity index (χ3v) is 4.33. The summed E-state index contributed by atoms with van der Waals surface area (Å²) in [5.74, 6) is 0.322. The van der Waals surface area contributed by atoms with Gasteiger partial charge in [0.2, 0.25) is 10.0 Å². The summed E-state index contributed by atoms with van der Waals surface area (Å²) in [7, 11) is -3.64. The second-order valence-corrected chi connectivity index (χ2v) is 6.64. The zero-order valence-electron chi connectivity index (χ0n) is 11.1. The highest BCUT2D eigenvalue weighted by Crippen LogP contribution is 2.21. The van der Waals surface area contributed by atoms with E-state index in [1.54, 1.807) is 12.1 Å². The highest BCUT2D eigenvalue weighted by Gasteiger charge is 2.20. The number of rotatable bonds is 6. The fourth-order valence-corrected chi connectivity index (χ4v) is 3.03. The lowest BCUT2D eigenvalue weighted by atomic mass is 10.1. The van der Waals surface area contributed by atoms with Gasteiger partial charge < -0.3 is 5.11 Å². The van der Waals surface area contributed by atoms with Gasteiger partial charge in [-0.2, -0.15) is 0 Å². The van der Waals surface area contributed by atoms with Crippen molar-refractivity contribution in [2.75, 3.05) is 0 Å². The van der Waals surface area contributed by atoms with E-state index < -0.39 is 10.0 Å². The zero-order valence-corrected chi connectivity index (χ0v) is 11.9. The Labute approximate surface area is 109 Å². The molecule has 0 aromatic heterocycles. The molecule has 5 heteroatoms. The standard InChI is InChI=1S/C13H21NO3S/c1-10(2)8-9-11(3)14-18(16,17)13-7-5-4-6-12(13)15/h4-7,10-11,14-15H,8-9H2,1-3H3. The second kappa shape index (κ2) is 6.20. The molecule has 0 amide bonds. The van der Waals surface area contributed by atoms with E-state index in [0.717, 1.165) is 12.8 Å². The van der Waals surface area contributed by atoms with Crippen LogP contribution in [0.3, 0.4) is 0 Å². The Kier molecular flexibility index (Phi) is 5.16. The maximum Gasteiger partial charge on any atom is 0.244 e. The molecule has 2 N–H and O–H groups in total. The van der Waals surface area contributed by atoms with Crippen LogP contribution in [0.5, 0.6) is 5.75 Å². The molecule has 18 heavy (non-hydrogen) atoms. The van der Waals surface area contributed by atoms with Crippen LogP contribution in [0.25, 0.3) is 0 Å². The fraction of sp³-hybridized carbons (Fsp3) is 0.538. The summed E-state index contributed by atoms with van der Waals surface area (Å²) in [6.07, 6.45) is 1.74. The third-order valence-electron chi connectivity index (χ3n) is 2.69. The summed E-state index contributed by atoms with van der Waals surface area (Å²) < 4.78 is 26.7. The first-order valence-electron chi connectivity index (χ1n) is 6.13. The molecule has 1 atom stereocenters. The van der Waals surface area contributed by atoms with Gasteiger partial charge in [-0.1, -0.05) is 26.0 Å². The molecule has 1 aromatic rings. The van der Waals surface area contributed by atoms with E-state index in [-0.39, 0.29) is 16.7 Å². The lowest BCUT2D eigenvalue weighted by molar-refractivity contribution is 0.454. The average Bonchev–Trinajstić information content (AvgIpc) is 2.26. The Morgan fingerprint density at radius 3 is 2.33 bits per heavy atom. The smallest absolute Gasteiger partial charge is 0.244 e. The van der Waals surface area contributed by atoms with Crippen LogP contribution in [0.2, 0.25) is 0 Å². The minimum Gasteiger partial charge on any atom is -0.507 e. The molecule has 0 aliphatic rings. The van der Waals surface area contributed by atoms with E-state index >= 15 is 0 Å². The molecule has 0 spiro atoms. The first-order valence-corrected chi connectivity index (χ1v) is 7.61. The molecule has 1 aromatic carbocycles. The van der Waals surface area contributed by atoms with Gasteiger partial charge in [0.05, 0.1) is 0 Å². The predicted octanol–water partition coefficient (Wildman–Crippen LogP) is 2.50. The van der Waals surface area contributed by atoms with Gasteiger partial charge in [-0.15, -0.1) is 0 Å². The topological polar surface area (TPSA) is 66.4 Å². The molecule has 0 fully saturated rings. The van der Waals surface area contributed by atoms with Crippen molar-refractivity contribution >= 4 is 10.0 Å². The number of phenolic OH excluding ortho intramolecular Hbond substituents is 1. The van der Waals surface area contributed by atoms with Gasteiger partial charge in [0.25, 0.3) is 0 Å². The first kappa shape index (κ1) is 15.0. The van der Waals surface area contributed by atoms with Crippen molar-refractivity contribution in [1.29, 1.82) is 0 Å². The van der Waals surface area contributed by atoms with Crippen LogP contribution >= 0.6 is 0 Å². The molecule has 1 rings (SSSR count). The van der Waals surface area contributed by atoms with E-state index in [0.29, 0.717) is 5.92 Å². The maximum absolute atomic E-state index is 12.0. The third kappa shape index (κ3) is 4.31. The summed E-state index contributed by atoms with van der Waals surface area (Å²) in [6, 6.07) is 5.81. The number of aromatic hydroxyl groups is 1. The first-order chi connectivity index (χ1) is 8.33. The molecule has 0 radical (unpaired) electrons. The van der Waals surface area contributed by atoms with Crippen LogP contribution in [0.4, 0.5) is 0 Å². The number of nitrogens with one attached hydrogen (secondary N) is 1.